The number of nitrogens with one attached hydrogen (secondary N) is 2. The fraction of sp³-hybridized carbons (Fsp3) is 0.250. The van der Waals surface area contributed by atoms with Gasteiger partial charge in [0.05, 0.1) is 4.90 Å². The Kier molecular flexibility index (Phi) is 5.79. The normalized spacial score (nSPS) is 11.7. The molecule has 0 saturated heterocycles. The smallest absolute Gasteiger partial charge is 0.269 e. The van der Waals surface area contributed by atoms with Crippen molar-refractivity contribution >= 4 is 38.2 Å². The summed E-state index contributed by atoms with van der Waals surface area (Å²) in [4.78, 5) is 15.7. The summed E-state index contributed by atoms with van der Waals surface area (Å²) in [5, 5.41) is 3.49. The lowest BCUT2D eigenvalue weighted by molar-refractivity contribution is 0.0946. The number of hydrogen-bond acceptors (Lipinski definition) is 4. The van der Waals surface area contributed by atoms with Crippen LogP contribution in [0.2, 0.25) is 5.02 Å². The molecule has 0 atom stereocenters. The zero-order valence-electron chi connectivity index (χ0n) is 15.7. The third-order valence-electron chi connectivity index (χ3n) is 4.38. The van der Waals surface area contributed by atoms with E-state index in [2.05, 4.69) is 10.3 Å². The van der Waals surface area contributed by atoms with E-state index in [0.717, 1.165) is 11.1 Å². The van der Waals surface area contributed by atoms with Gasteiger partial charge in [0.2, 0.25) is 9.84 Å². The number of aromatic nitrogens is 1. The SMILES string of the molecule is Cc1cc(C)cc(S(=O)(=O)c2c(C(=O)NCCCN)[nH]c3ccc(Cl)cc23)c1. The van der Waals surface area contributed by atoms with Gasteiger partial charge >= 0.3 is 0 Å². The zero-order chi connectivity index (χ0) is 20.5. The Labute approximate surface area is 169 Å². The van der Waals surface area contributed by atoms with Crippen molar-refractivity contribution in [1.82, 2.24) is 10.3 Å². The Balaban J connectivity index is 2.23. The van der Waals surface area contributed by atoms with Crippen molar-refractivity contribution in [2.75, 3.05) is 13.1 Å². The van der Waals surface area contributed by atoms with E-state index in [1.807, 2.05) is 19.9 Å². The van der Waals surface area contributed by atoms with Gasteiger partial charge < -0.3 is 16.0 Å². The van der Waals surface area contributed by atoms with Gasteiger partial charge in [-0.2, -0.15) is 0 Å². The van der Waals surface area contributed by atoms with Crippen LogP contribution in [0.15, 0.2) is 46.2 Å². The van der Waals surface area contributed by atoms with Crippen molar-refractivity contribution in [3.8, 4) is 0 Å². The van der Waals surface area contributed by atoms with Crippen LogP contribution in [0, 0.1) is 13.8 Å². The summed E-state index contributed by atoms with van der Waals surface area (Å²) in [7, 11) is -3.97. The average molecular weight is 420 g/mol. The molecule has 4 N–H and O–H groups in total. The predicted octanol–water partition coefficient (Wildman–Crippen LogP) is 3.35. The Morgan fingerprint density at radius 3 is 2.46 bits per heavy atom. The summed E-state index contributed by atoms with van der Waals surface area (Å²) in [6.07, 6.45) is 0.594. The van der Waals surface area contributed by atoms with Crippen LogP contribution < -0.4 is 11.1 Å². The van der Waals surface area contributed by atoms with Gasteiger partial charge in [-0.15, -0.1) is 0 Å². The Morgan fingerprint density at radius 2 is 1.82 bits per heavy atom. The molecule has 0 aliphatic carbocycles. The second kappa shape index (κ2) is 7.95. The molecule has 2 aromatic carbocycles. The van der Waals surface area contributed by atoms with Gasteiger partial charge in [-0.25, -0.2) is 8.42 Å². The van der Waals surface area contributed by atoms with Crippen LogP contribution in [0.3, 0.4) is 0 Å². The van der Waals surface area contributed by atoms with Crippen LogP contribution in [-0.2, 0) is 9.84 Å². The molecule has 1 amide bonds. The first kappa shape index (κ1) is 20.4. The number of carbonyl (C=O) groups excluding carboxylic acids is 1. The van der Waals surface area contributed by atoms with E-state index in [4.69, 9.17) is 17.3 Å². The highest BCUT2D eigenvalue weighted by molar-refractivity contribution is 7.91. The molecule has 0 saturated carbocycles. The maximum absolute atomic E-state index is 13.5. The van der Waals surface area contributed by atoms with Gasteiger partial charge in [-0.05, 0) is 68.3 Å². The number of fused-ring (bicyclic) bond motifs is 1. The van der Waals surface area contributed by atoms with Gasteiger partial charge in [-0.3, -0.25) is 4.79 Å². The number of benzene rings is 2. The minimum atomic E-state index is -3.97. The molecule has 1 heterocycles. The molecular formula is C20H22ClN3O3S. The third kappa shape index (κ3) is 3.92. The minimum Gasteiger partial charge on any atom is -0.351 e. The molecule has 148 valence electrons. The number of halogens is 1. The molecular weight excluding hydrogens is 398 g/mol. The summed E-state index contributed by atoms with van der Waals surface area (Å²) in [5.74, 6) is -0.497. The molecule has 28 heavy (non-hydrogen) atoms. The lowest BCUT2D eigenvalue weighted by atomic mass is 10.2. The van der Waals surface area contributed by atoms with Crippen LogP contribution in [-0.4, -0.2) is 32.4 Å². The first-order valence-electron chi connectivity index (χ1n) is 8.87. The maximum Gasteiger partial charge on any atom is 0.269 e. The summed E-state index contributed by atoms with van der Waals surface area (Å²) in [6, 6.07) is 9.95. The molecule has 1 aromatic heterocycles. The monoisotopic (exact) mass is 419 g/mol. The summed E-state index contributed by atoms with van der Waals surface area (Å²) in [6.45, 7) is 4.45. The van der Waals surface area contributed by atoms with E-state index in [-0.39, 0.29) is 15.5 Å². The molecule has 8 heteroatoms. The Morgan fingerprint density at radius 1 is 1.14 bits per heavy atom. The summed E-state index contributed by atoms with van der Waals surface area (Å²) in [5.41, 5.74) is 7.63. The van der Waals surface area contributed by atoms with Crippen molar-refractivity contribution in [3.63, 3.8) is 0 Å². The number of nitrogens with two attached hydrogens (primary N) is 1. The molecule has 6 nitrogen and oxygen atoms in total. The van der Waals surface area contributed by atoms with E-state index in [1.165, 1.54) is 0 Å². The number of aryl methyl sites for hydroxylation is 2. The van der Waals surface area contributed by atoms with Crippen molar-refractivity contribution in [2.45, 2.75) is 30.1 Å². The fourth-order valence-corrected chi connectivity index (χ4v) is 5.14. The molecule has 0 unspecified atom stereocenters. The molecule has 0 fully saturated rings. The van der Waals surface area contributed by atoms with Crippen molar-refractivity contribution < 1.29 is 13.2 Å². The molecule has 0 aliphatic heterocycles. The lowest BCUT2D eigenvalue weighted by Crippen LogP contribution is -2.27. The molecule has 3 aromatic rings. The van der Waals surface area contributed by atoms with Gasteiger partial charge in [-0.1, -0.05) is 17.7 Å². The van der Waals surface area contributed by atoms with Crippen LogP contribution in [0.1, 0.15) is 28.0 Å². The second-order valence-electron chi connectivity index (χ2n) is 6.74. The van der Waals surface area contributed by atoms with E-state index in [9.17, 15) is 13.2 Å². The topological polar surface area (TPSA) is 105 Å². The minimum absolute atomic E-state index is 0.00607. The van der Waals surface area contributed by atoms with Crippen LogP contribution in [0.4, 0.5) is 0 Å². The van der Waals surface area contributed by atoms with Crippen LogP contribution >= 0.6 is 11.6 Å². The number of aromatic amines is 1. The standard InChI is InChI=1S/C20H22ClN3O3S/c1-12-8-13(2)10-15(9-12)28(26,27)19-16-11-14(21)4-5-17(16)24-18(19)20(25)23-7-3-6-22/h4-5,8-11,24H,3,6-7,22H2,1-2H3,(H,23,25). The molecule has 0 aliphatic rings. The highest BCUT2D eigenvalue weighted by Gasteiger charge is 2.30. The van der Waals surface area contributed by atoms with E-state index < -0.39 is 15.7 Å². The van der Waals surface area contributed by atoms with Gasteiger partial charge in [0.1, 0.15) is 10.6 Å². The maximum atomic E-state index is 13.5. The van der Waals surface area contributed by atoms with E-state index in [0.29, 0.717) is 35.4 Å². The van der Waals surface area contributed by atoms with Crippen molar-refractivity contribution in [1.29, 1.82) is 0 Å². The molecule has 3 rings (SSSR count). The summed E-state index contributed by atoms with van der Waals surface area (Å²) < 4.78 is 27.0. The second-order valence-corrected chi connectivity index (χ2v) is 9.07. The first-order chi connectivity index (χ1) is 13.2. The zero-order valence-corrected chi connectivity index (χ0v) is 17.2. The number of carbonyl (C=O) groups is 1. The van der Waals surface area contributed by atoms with Gasteiger partial charge in [0.25, 0.3) is 5.91 Å². The molecule has 0 radical (unpaired) electrons. The number of H-pyrrole nitrogens is 1. The average Bonchev–Trinajstić information content (AvgIpc) is 3.00. The largest absolute Gasteiger partial charge is 0.351 e. The van der Waals surface area contributed by atoms with Crippen LogP contribution in [0.5, 0.6) is 0 Å². The van der Waals surface area contributed by atoms with Gasteiger partial charge in [0, 0.05) is 22.5 Å². The van der Waals surface area contributed by atoms with Crippen molar-refractivity contribution in [2.24, 2.45) is 5.73 Å². The summed E-state index contributed by atoms with van der Waals surface area (Å²) >= 11 is 6.11. The quantitative estimate of drug-likeness (QED) is 0.533. The Hall–Kier alpha value is -2.35. The highest BCUT2D eigenvalue weighted by atomic mass is 35.5. The molecule has 0 spiro atoms. The fourth-order valence-electron chi connectivity index (χ4n) is 3.18. The Bertz CT molecular complexity index is 1130. The number of sulfone groups is 1. The molecule has 0 bridgehead atoms. The van der Waals surface area contributed by atoms with Gasteiger partial charge in [0.15, 0.2) is 0 Å². The number of amides is 1. The lowest BCUT2D eigenvalue weighted by Gasteiger charge is -2.10. The predicted molar refractivity (Wildman–Crippen MR) is 111 cm³/mol. The van der Waals surface area contributed by atoms with E-state index >= 15 is 0 Å². The number of rotatable bonds is 6. The van der Waals surface area contributed by atoms with Crippen LogP contribution in [0.25, 0.3) is 10.9 Å². The first-order valence-corrected chi connectivity index (χ1v) is 10.7. The van der Waals surface area contributed by atoms with Crippen molar-refractivity contribution in [3.05, 3.63) is 58.2 Å². The highest BCUT2D eigenvalue weighted by Crippen LogP contribution is 2.34. The van der Waals surface area contributed by atoms with E-state index in [1.54, 1.807) is 30.3 Å². The number of hydrogen-bond donors (Lipinski definition) is 3. The third-order valence-corrected chi connectivity index (χ3v) is 6.43.